The van der Waals surface area contributed by atoms with E-state index in [0.29, 0.717) is 12.8 Å². The van der Waals surface area contributed by atoms with Crippen LogP contribution in [0.25, 0.3) is 0 Å². The third kappa shape index (κ3) is 8.00. The first kappa shape index (κ1) is 30.2. The number of halogens is 1. The van der Waals surface area contributed by atoms with Gasteiger partial charge in [0.25, 0.3) is 0 Å². The number of β-lactam (4-membered cyclic amide) rings is 2. The molecule has 37 heavy (non-hydrogen) atoms. The molecule has 1 N–H and O–H groups in total. The minimum atomic E-state index is -0.469. The summed E-state index contributed by atoms with van der Waals surface area (Å²) >= 11 is 5.23. The largest absolute Gasteiger partial charge is 0.349 e. The fourth-order valence-corrected chi connectivity index (χ4v) is 3.61. The van der Waals surface area contributed by atoms with Gasteiger partial charge in [-0.15, -0.1) is 0 Å². The molecule has 2 fully saturated rings. The van der Waals surface area contributed by atoms with Gasteiger partial charge in [-0.2, -0.15) is 0 Å². The van der Waals surface area contributed by atoms with E-state index in [1.54, 1.807) is 0 Å². The molecule has 0 bridgehead atoms. The number of hydrogen-bond acceptors (Lipinski definition) is 4. The fourth-order valence-electron chi connectivity index (χ4n) is 3.47. The van der Waals surface area contributed by atoms with Gasteiger partial charge in [-0.25, -0.2) is 0 Å². The molecule has 2 aromatic rings. The monoisotopic (exact) mass is 526 g/mol. The molecule has 4 rings (SSSR count). The summed E-state index contributed by atoms with van der Waals surface area (Å²) in [5.41, 5.74) is 1.44. The van der Waals surface area contributed by atoms with Crippen LogP contribution in [0.15, 0.2) is 60.7 Å². The maximum atomic E-state index is 12.4. The molecule has 0 saturated carbocycles. The Morgan fingerprint density at radius 3 is 1.65 bits per heavy atom. The minimum Gasteiger partial charge on any atom is -0.349 e. The summed E-state index contributed by atoms with van der Waals surface area (Å²) in [7, 11) is 0. The van der Waals surface area contributed by atoms with Crippen molar-refractivity contribution in [3.63, 3.8) is 0 Å². The summed E-state index contributed by atoms with van der Waals surface area (Å²) in [6, 6.07) is 20.0. The summed E-state index contributed by atoms with van der Waals surface area (Å²) in [5.74, 6) is 0.0318. The van der Waals surface area contributed by atoms with Gasteiger partial charge < -0.3 is 5.32 Å². The lowest BCUT2D eigenvalue weighted by Gasteiger charge is -2.42. The lowest BCUT2D eigenvalue weighted by molar-refractivity contribution is -0.164. The third-order valence-electron chi connectivity index (χ3n) is 7.16. The van der Waals surface area contributed by atoms with E-state index in [0.717, 1.165) is 18.4 Å². The van der Waals surface area contributed by atoms with Gasteiger partial charge in [0.15, 0.2) is 0 Å². The average molecular weight is 527 g/mol. The number of carbonyl (C=O) groups excluding carboxylic acids is 4. The zero-order valence-electron chi connectivity index (χ0n) is 22.7. The number of imide groups is 1. The van der Waals surface area contributed by atoms with Crippen molar-refractivity contribution < 1.29 is 19.2 Å². The zero-order chi connectivity index (χ0) is 27.8. The molecule has 2 heterocycles. The molecule has 2 aliphatic rings. The third-order valence-corrected chi connectivity index (χ3v) is 7.67. The van der Waals surface area contributed by atoms with Crippen LogP contribution in [-0.4, -0.2) is 27.9 Å². The molecule has 0 aliphatic carbocycles. The zero-order valence-corrected chi connectivity index (χ0v) is 23.5. The lowest BCUT2D eigenvalue weighted by atomic mass is 9.84. The smallest absolute Gasteiger partial charge is 0.235 e. The van der Waals surface area contributed by atoms with Gasteiger partial charge in [-0.05, 0) is 35.6 Å². The SMILES string of the molecule is CCC(C)(C)C(=O)Cl.CCC(C)(C)C(=O)N1C(=O)C[C@H]1c1ccccc1.O=C1C[C@@H](c2ccccc2)N1. The second kappa shape index (κ2) is 13.0. The van der Waals surface area contributed by atoms with Gasteiger partial charge in [0, 0.05) is 10.8 Å². The van der Waals surface area contributed by atoms with Crippen LogP contribution < -0.4 is 5.32 Å². The Balaban J connectivity index is 0.000000216. The van der Waals surface area contributed by atoms with Crippen LogP contribution in [0.5, 0.6) is 0 Å². The van der Waals surface area contributed by atoms with Gasteiger partial charge in [-0.3, -0.25) is 24.1 Å². The highest BCUT2D eigenvalue weighted by Crippen LogP contribution is 2.38. The number of nitrogens with zero attached hydrogens (tertiary/aromatic N) is 1. The molecule has 0 aromatic heterocycles. The van der Waals surface area contributed by atoms with Gasteiger partial charge in [0.2, 0.25) is 23.0 Å². The van der Waals surface area contributed by atoms with Crippen LogP contribution in [0.2, 0.25) is 0 Å². The highest BCUT2D eigenvalue weighted by Gasteiger charge is 2.45. The quantitative estimate of drug-likeness (QED) is 0.350. The molecule has 0 spiro atoms. The van der Waals surface area contributed by atoms with Gasteiger partial charge in [-0.1, -0.05) is 102 Å². The standard InChI is InChI=1S/C15H19NO2.C9H9NO.C6H11ClO/c1-4-15(2,3)14(18)16-12(10-13(16)17)11-8-6-5-7-9-11;11-9-6-8(10-9)7-4-2-1-3-5-7;1-4-6(2,3)5(7)8/h5-9,12H,4,10H2,1-3H3;1-5,8H,6H2,(H,10,11);4H2,1-3H3/t12-;8-;/m00./s1. The van der Waals surface area contributed by atoms with Crippen molar-refractivity contribution in [1.29, 1.82) is 0 Å². The summed E-state index contributed by atoms with van der Waals surface area (Å²) in [4.78, 5) is 46.6. The second-order valence-electron chi connectivity index (χ2n) is 10.7. The van der Waals surface area contributed by atoms with Crippen molar-refractivity contribution in [2.45, 2.75) is 79.3 Å². The number of amides is 3. The van der Waals surface area contributed by atoms with Crippen molar-refractivity contribution in [2.24, 2.45) is 10.8 Å². The number of benzene rings is 2. The van der Waals surface area contributed by atoms with Crippen LogP contribution in [0, 0.1) is 10.8 Å². The van der Waals surface area contributed by atoms with Crippen LogP contribution in [0.1, 0.15) is 90.4 Å². The Labute approximate surface area is 225 Å². The number of hydrogen-bond donors (Lipinski definition) is 1. The number of nitrogens with one attached hydrogen (secondary N) is 1. The highest BCUT2D eigenvalue weighted by molar-refractivity contribution is 6.64. The topological polar surface area (TPSA) is 83.6 Å². The number of carbonyl (C=O) groups is 4. The first-order valence-electron chi connectivity index (χ1n) is 12.8. The Kier molecular flexibility index (Phi) is 10.6. The molecule has 7 heteroatoms. The first-order valence-corrected chi connectivity index (χ1v) is 13.2. The van der Waals surface area contributed by atoms with Crippen molar-refractivity contribution in [3.05, 3.63) is 71.8 Å². The summed E-state index contributed by atoms with van der Waals surface area (Å²) < 4.78 is 0. The molecule has 0 unspecified atom stereocenters. The van der Waals surface area contributed by atoms with E-state index in [4.69, 9.17) is 11.6 Å². The molecule has 2 saturated heterocycles. The Morgan fingerprint density at radius 2 is 1.30 bits per heavy atom. The molecule has 6 nitrogen and oxygen atoms in total. The van der Waals surface area contributed by atoms with Crippen LogP contribution in [0.4, 0.5) is 0 Å². The van der Waals surface area contributed by atoms with E-state index in [9.17, 15) is 19.2 Å². The molecule has 2 atom stereocenters. The second-order valence-corrected chi connectivity index (χ2v) is 11.0. The Morgan fingerprint density at radius 1 is 0.838 bits per heavy atom. The average Bonchev–Trinajstić information content (AvgIpc) is 2.87. The van der Waals surface area contributed by atoms with Crippen molar-refractivity contribution in [3.8, 4) is 0 Å². The van der Waals surface area contributed by atoms with E-state index in [-0.39, 0.29) is 40.5 Å². The molecule has 0 radical (unpaired) electrons. The molecule has 3 amide bonds. The van der Waals surface area contributed by atoms with Crippen LogP contribution in [0.3, 0.4) is 0 Å². The van der Waals surface area contributed by atoms with Crippen LogP contribution >= 0.6 is 11.6 Å². The van der Waals surface area contributed by atoms with Crippen molar-refractivity contribution >= 4 is 34.6 Å². The summed E-state index contributed by atoms with van der Waals surface area (Å²) in [6.45, 7) is 11.4. The van der Waals surface area contributed by atoms with E-state index < -0.39 is 5.41 Å². The predicted molar refractivity (Wildman–Crippen MR) is 147 cm³/mol. The number of likely N-dealkylation sites (tertiary alicyclic amines) is 1. The molecular weight excluding hydrogens is 488 g/mol. The minimum absolute atomic E-state index is 0.0598. The van der Waals surface area contributed by atoms with Crippen molar-refractivity contribution in [2.75, 3.05) is 0 Å². The normalized spacial score (nSPS) is 18.6. The van der Waals surface area contributed by atoms with Gasteiger partial charge in [0.1, 0.15) is 0 Å². The summed E-state index contributed by atoms with van der Waals surface area (Å²) in [5, 5.41) is 2.57. The van der Waals surface area contributed by atoms with E-state index >= 15 is 0 Å². The lowest BCUT2D eigenvalue weighted by Crippen LogP contribution is -2.54. The molecule has 2 aromatic carbocycles. The predicted octanol–water partition coefficient (Wildman–Crippen LogP) is 6.36. The van der Waals surface area contributed by atoms with Gasteiger partial charge in [0.05, 0.1) is 24.9 Å². The van der Waals surface area contributed by atoms with E-state index in [1.807, 2.05) is 102 Å². The Hall–Kier alpha value is -2.99. The molecule has 200 valence electrons. The van der Waals surface area contributed by atoms with Crippen molar-refractivity contribution in [1.82, 2.24) is 10.2 Å². The fraction of sp³-hybridized carbons (Fsp3) is 0.467. The molecular formula is C30H39ClN2O4. The number of rotatable bonds is 6. The maximum absolute atomic E-state index is 12.4. The van der Waals surface area contributed by atoms with E-state index in [2.05, 4.69) is 5.32 Å². The molecule has 2 aliphatic heterocycles. The summed E-state index contributed by atoms with van der Waals surface area (Å²) in [6.07, 6.45) is 2.62. The van der Waals surface area contributed by atoms with E-state index in [1.165, 1.54) is 10.5 Å². The first-order chi connectivity index (χ1) is 17.3. The maximum Gasteiger partial charge on any atom is 0.235 e. The van der Waals surface area contributed by atoms with Crippen LogP contribution in [-0.2, 0) is 19.2 Å². The van der Waals surface area contributed by atoms with Gasteiger partial charge >= 0.3 is 0 Å². The Bertz CT molecular complexity index is 1080. The highest BCUT2D eigenvalue weighted by atomic mass is 35.5.